The maximum Gasteiger partial charge on any atom is 0.308 e. The van der Waals surface area contributed by atoms with E-state index >= 15 is 0 Å². The molecular formula is C18H19N3O4. The Morgan fingerprint density at radius 3 is 2.52 bits per heavy atom. The van der Waals surface area contributed by atoms with Gasteiger partial charge in [0, 0.05) is 19.2 Å². The van der Waals surface area contributed by atoms with Crippen LogP contribution in [0.3, 0.4) is 0 Å². The van der Waals surface area contributed by atoms with Crippen molar-refractivity contribution < 1.29 is 14.7 Å². The summed E-state index contributed by atoms with van der Waals surface area (Å²) in [4.78, 5) is 37.4. The molecule has 1 aromatic carbocycles. The first-order valence-corrected chi connectivity index (χ1v) is 8.10. The molecular weight excluding hydrogens is 322 g/mol. The zero-order chi connectivity index (χ0) is 18.0. The zero-order valence-electron chi connectivity index (χ0n) is 13.8. The Kier molecular flexibility index (Phi) is 4.65. The summed E-state index contributed by atoms with van der Waals surface area (Å²) in [5, 5.41) is 13.4. The van der Waals surface area contributed by atoms with Crippen molar-refractivity contribution in [2.45, 2.75) is 13.5 Å². The number of carboxylic acid groups (broad SMARTS) is 1. The predicted molar refractivity (Wildman–Crippen MR) is 90.2 cm³/mol. The molecule has 0 radical (unpaired) electrons. The molecule has 0 bridgehead atoms. The number of aromatic nitrogens is 2. The van der Waals surface area contributed by atoms with Gasteiger partial charge in [0.05, 0.1) is 12.5 Å². The van der Waals surface area contributed by atoms with Crippen molar-refractivity contribution in [1.29, 1.82) is 0 Å². The highest BCUT2D eigenvalue weighted by molar-refractivity contribution is 5.92. The third-order valence-electron chi connectivity index (χ3n) is 4.48. The Morgan fingerprint density at radius 1 is 1.16 bits per heavy atom. The van der Waals surface area contributed by atoms with Crippen LogP contribution in [-0.2, 0) is 11.3 Å². The molecule has 2 aromatic rings. The summed E-state index contributed by atoms with van der Waals surface area (Å²) in [6.07, 6.45) is 0. The fraction of sp³-hybridized carbons (Fsp3) is 0.333. The molecule has 1 aliphatic heterocycles. The number of rotatable bonds is 4. The van der Waals surface area contributed by atoms with Crippen molar-refractivity contribution in [2.24, 2.45) is 11.8 Å². The van der Waals surface area contributed by atoms with Gasteiger partial charge in [0.2, 0.25) is 0 Å². The predicted octanol–water partition coefficient (Wildman–Crippen LogP) is 1.08. The molecule has 1 fully saturated rings. The second kappa shape index (κ2) is 6.88. The van der Waals surface area contributed by atoms with Crippen molar-refractivity contribution in [3.8, 4) is 0 Å². The molecule has 25 heavy (non-hydrogen) atoms. The van der Waals surface area contributed by atoms with Crippen LogP contribution in [0.25, 0.3) is 0 Å². The second-order valence-corrected chi connectivity index (χ2v) is 6.33. The lowest BCUT2D eigenvalue weighted by atomic mass is 9.99. The first-order valence-electron chi connectivity index (χ1n) is 8.10. The van der Waals surface area contributed by atoms with Crippen LogP contribution in [0.5, 0.6) is 0 Å². The van der Waals surface area contributed by atoms with E-state index in [1.165, 1.54) is 21.7 Å². The van der Waals surface area contributed by atoms with Gasteiger partial charge in [-0.15, -0.1) is 0 Å². The van der Waals surface area contributed by atoms with Crippen molar-refractivity contribution in [3.63, 3.8) is 0 Å². The second-order valence-electron chi connectivity index (χ2n) is 6.33. The van der Waals surface area contributed by atoms with Crippen LogP contribution < -0.4 is 5.56 Å². The monoisotopic (exact) mass is 341 g/mol. The Morgan fingerprint density at radius 2 is 1.88 bits per heavy atom. The molecule has 3 rings (SSSR count). The molecule has 1 N–H and O–H groups in total. The van der Waals surface area contributed by atoms with Gasteiger partial charge in [0.25, 0.3) is 11.5 Å². The normalized spacial score (nSPS) is 19.8. The number of aliphatic carboxylic acids is 1. The molecule has 1 aliphatic rings. The van der Waals surface area contributed by atoms with Crippen molar-refractivity contribution in [2.75, 3.05) is 13.1 Å². The number of likely N-dealkylation sites (tertiary alicyclic amines) is 1. The van der Waals surface area contributed by atoms with Gasteiger partial charge in [-0.3, -0.25) is 14.4 Å². The topological polar surface area (TPSA) is 92.5 Å². The van der Waals surface area contributed by atoms with Crippen LogP contribution in [0.15, 0.2) is 47.3 Å². The molecule has 7 heteroatoms. The van der Waals surface area contributed by atoms with Gasteiger partial charge in [0.1, 0.15) is 5.69 Å². The van der Waals surface area contributed by atoms with Gasteiger partial charge in [0.15, 0.2) is 0 Å². The molecule has 7 nitrogen and oxygen atoms in total. The first kappa shape index (κ1) is 16.9. The average Bonchev–Trinajstić information content (AvgIpc) is 2.99. The van der Waals surface area contributed by atoms with E-state index in [9.17, 15) is 19.5 Å². The minimum absolute atomic E-state index is 0.114. The molecule has 0 spiro atoms. The summed E-state index contributed by atoms with van der Waals surface area (Å²) < 4.78 is 1.25. The summed E-state index contributed by atoms with van der Waals surface area (Å²) >= 11 is 0. The van der Waals surface area contributed by atoms with Crippen LogP contribution in [0.2, 0.25) is 0 Å². The molecule has 1 amide bonds. The van der Waals surface area contributed by atoms with Crippen LogP contribution >= 0.6 is 0 Å². The van der Waals surface area contributed by atoms with Crippen LogP contribution in [-0.4, -0.2) is 44.8 Å². The third-order valence-corrected chi connectivity index (χ3v) is 4.48. The van der Waals surface area contributed by atoms with Gasteiger partial charge >= 0.3 is 5.97 Å². The summed E-state index contributed by atoms with van der Waals surface area (Å²) in [5.41, 5.74) is 0.759. The van der Waals surface area contributed by atoms with Crippen LogP contribution in [0.1, 0.15) is 23.0 Å². The smallest absolute Gasteiger partial charge is 0.308 e. The van der Waals surface area contributed by atoms with Gasteiger partial charge in [-0.2, -0.15) is 5.10 Å². The van der Waals surface area contributed by atoms with E-state index < -0.39 is 11.9 Å². The van der Waals surface area contributed by atoms with E-state index in [0.717, 1.165) is 5.56 Å². The van der Waals surface area contributed by atoms with E-state index in [1.807, 2.05) is 37.3 Å². The van der Waals surface area contributed by atoms with Gasteiger partial charge in [-0.1, -0.05) is 37.3 Å². The standard InChI is InChI=1S/C18H19N3O4/c1-12-9-20(11-14(12)18(24)25)17(23)15-7-8-16(22)21(19-15)10-13-5-3-2-4-6-13/h2-8,12,14H,9-11H2,1H3,(H,24,25)/t12-,14-/m1/s1. The molecule has 2 atom stereocenters. The fourth-order valence-electron chi connectivity index (χ4n) is 3.05. The number of amides is 1. The lowest BCUT2D eigenvalue weighted by molar-refractivity contribution is -0.142. The highest BCUT2D eigenvalue weighted by Gasteiger charge is 2.37. The van der Waals surface area contributed by atoms with E-state index in [1.54, 1.807) is 0 Å². The largest absolute Gasteiger partial charge is 0.481 e. The lowest BCUT2D eigenvalue weighted by Crippen LogP contribution is -2.33. The SMILES string of the molecule is C[C@@H]1CN(C(=O)c2ccc(=O)n(Cc3ccccc3)n2)C[C@H]1C(=O)O. The maximum absolute atomic E-state index is 12.6. The average molecular weight is 341 g/mol. The lowest BCUT2D eigenvalue weighted by Gasteiger charge is -2.16. The minimum atomic E-state index is -0.898. The molecule has 2 heterocycles. The summed E-state index contributed by atoms with van der Waals surface area (Å²) in [6, 6.07) is 12.1. The number of hydrogen-bond donors (Lipinski definition) is 1. The molecule has 0 unspecified atom stereocenters. The number of hydrogen-bond acceptors (Lipinski definition) is 4. The highest BCUT2D eigenvalue weighted by atomic mass is 16.4. The number of carbonyl (C=O) groups excluding carboxylic acids is 1. The molecule has 130 valence electrons. The zero-order valence-corrected chi connectivity index (χ0v) is 13.8. The van der Waals surface area contributed by atoms with E-state index in [4.69, 9.17) is 0 Å². The van der Waals surface area contributed by atoms with Crippen LogP contribution in [0.4, 0.5) is 0 Å². The van der Waals surface area contributed by atoms with Crippen molar-refractivity contribution in [3.05, 3.63) is 64.1 Å². The Hall–Kier alpha value is -2.96. The molecule has 1 saturated heterocycles. The Labute approximate surface area is 144 Å². The minimum Gasteiger partial charge on any atom is -0.481 e. The van der Waals surface area contributed by atoms with Gasteiger partial charge < -0.3 is 10.0 Å². The maximum atomic E-state index is 12.6. The Balaban J connectivity index is 1.81. The van der Waals surface area contributed by atoms with E-state index in [0.29, 0.717) is 6.54 Å². The first-order chi connectivity index (χ1) is 12.0. The summed E-state index contributed by atoms with van der Waals surface area (Å²) in [5.74, 6) is -1.93. The fourth-order valence-corrected chi connectivity index (χ4v) is 3.05. The van der Waals surface area contributed by atoms with Crippen molar-refractivity contribution >= 4 is 11.9 Å². The molecule has 0 saturated carbocycles. The quantitative estimate of drug-likeness (QED) is 0.898. The molecule has 0 aliphatic carbocycles. The van der Waals surface area contributed by atoms with Gasteiger partial charge in [-0.05, 0) is 17.5 Å². The number of carbonyl (C=O) groups is 2. The highest BCUT2D eigenvalue weighted by Crippen LogP contribution is 2.24. The number of carboxylic acids is 1. The summed E-state index contributed by atoms with van der Waals surface area (Å²) in [6.45, 7) is 2.62. The number of benzene rings is 1. The van der Waals surface area contributed by atoms with Crippen molar-refractivity contribution in [1.82, 2.24) is 14.7 Å². The molecule has 1 aromatic heterocycles. The summed E-state index contributed by atoms with van der Waals surface area (Å²) in [7, 11) is 0. The van der Waals surface area contributed by atoms with E-state index in [2.05, 4.69) is 5.10 Å². The third kappa shape index (κ3) is 3.60. The van der Waals surface area contributed by atoms with E-state index in [-0.39, 0.29) is 36.2 Å². The van der Waals surface area contributed by atoms with Crippen LogP contribution in [0, 0.1) is 11.8 Å². The van der Waals surface area contributed by atoms with Gasteiger partial charge in [-0.25, -0.2) is 4.68 Å². The Bertz CT molecular complexity index is 847. The number of nitrogens with zero attached hydrogens (tertiary/aromatic N) is 3.